The van der Waals surface area contributed by atoms with E-state index in [1.165, 1.54) is 12.1 Å². The number of hydrogen-bond donors (Lipinski definition) is 4. The van der Waals surface area contributed by atoms with Crippen LogP contribution < -0.4 is 11.0 Å². The van der Waals surface area contributed by atoms with Crippen LogP contribution >= 0.6 is 0 Å². The molecule has 0 amide bonds. The van der Waals surface area contributed by atoms with Gasteiger partial charge in [-0.2, -0.15) is 0 Å². The van der Waals surface area contributed by atoms with Crippen molar-refractivity contribution in [2.24, 2.45) is 5.73 Å². The number of hydrogen-bond acceptors (Lipinski definition) is 5. The quantitative estimate of drug-likeness (QED) is 0.532. The van der Waals surface area contributed by atoms with Crippen molar-refractivity contribution in [1.29, 1.82) is 0 Å². The Morgan fingerprint density at radius 3 is 2.27 bits per heavy atom. The van der Waals surface area contributed by atoms with Crippen LogP contribution in [0.3, 0.4) is 0 Å². The van der Waals surface area contributed by atoms with Gasteiger partial charge in [-0.25, -0.2) is 0 Å². The number of anilines is 1. The highest BCUT2D eigenvalue weighted by molar-refractivity contribution is 5.73. The average molecular weight is 212 g/mol. The molecule has 1 unspecified atom stereocenters. The zero-order valence-electron chi connectivity index (χ0n) is 7.87. The number of carboxylic acids is 1. The van der Waals surface area contributed by atoms with Crippen molar-refractivity contribution in [3.05, 3.63) is 29.8 Å². The molecule has 0 aliphatic carbocycles. The molecule has 1 aromatic rings. The van der Waals surface area contributed by atoms with Gasteiger partial charge >= 0.3 is 5.97 Å². The fourth-order valence-electron chi connectivity index (χ4n) is 1.11. The summed E-state index contributed by atoms with van der Waals surface area (Å²) in [5.41, 5.74) is 6.25. The summed E-state index contributed by atoms with van der Waals surface area (Å²) in [6, 6.07) is 5.11. The Bertz CT molecular complexity index is 336. The molecule has 0 aliphatic heterocycles. The van der Waals surface area contributed by atoms with Crippen LogP contribution in [0.1, 0.15) is 5.56 Å². The summed E-state index contributed by atoms with van der Waals surface area (Å²) in [7, 11) is 0. The summed E-state index contributed by atoms with van der Waals surface area (Å²) in [6.07, 6.45) is 0.201. The smallest absolute Gasteiger partial charge is 0.320 e. The number of nitrogens with zero attached hydrogens (tertiary/aromatic N) is 1. The molecule has 6 nitrogen and oxygen atoms in total. The van der Waals surface area contributed by atoms with Gasteiger partial charge in [-0.05, 0) is 24.1 Å². The van der Waals surface area contributed by atoms with Crippen molar-refractivity contribution in [3.63, 3.8) is 0 Å². The number of aliphatic carboxylic acids is 1. The summed E-state index contributed by atoms with van der Waals surface area (Å²) < 4.78 is 0. The molecular weight excluding hydrogens is 200 g/mol. The summed E-state index contributed by atoms with van der Waals surface area (Å²) in [6.45, 7) is 0. The SMILES string of the molecule is NC(Cc1ccc(N(O)O)cc1)C(=O)O. The number of benzene rings is 1. The Morgan fingerprint density at radius 1 is 1.33 bits per heavy atom. The Morgan fingerprint density at radius 2 is 1.87 bits per heavy atom. The fraction of sp³-hybridized carbons (Fsp3) is 0.222. The van der Waals surface area contributed by atoms with E-state index in [1.54, 1.807) is 12.1 Å². The molecule has 15 heavy (non-hydrogen) atoms. The van der Waals surface area contributed by atoms with E-state index in [9.17, 15) is 4.79 Å². The highest BCUT2D eigenvalue weighted by Crippen LogP contribution is 2.12. The van der Waals surface area contributed by atoms with Gasteiger partial charge in [-0.1, -0.05) is 12.1 Å². The van der Waals surface area contributed by atoms with Crippen molar-refractivity contribution in [2.75, 3.05) is 5.23 Å². The standard InChI is InChI=1S/C9H12N2O4/c10-8(9(12)13)5-6-1-3-7(4-2-6)11(14)15/h1-4,8,14-15H,5,10H2,(H,12,13). The highest BCUT2D eigenvalue weighted by Gasteiger charge is 2.11. The van der Waals surface area contributed by atoms with E-state index in [0.29, 0.717) is 0 Å². The first-order valence-corrected chi connectivity index (χ1v) is 4.26. The first-order valence-electron chi connectivity index (χ1n) is 4.26. The van der Waals surface area contributed by atoms with E-state index in [2.05, 4.69) is 0 Å². The van der Waals surface area contributed by atoms with E-state index in [0.717, 1.165) is 5.56 Å². The number of rotatable bonds is 4. The molecule has 1 rings (SSSR count). The summed E-state index contributed by atoms with van der Waals surface area (Å²) in [5, 5.41) is 25.9. The normalized spacial score (nSPS) is 12.2. The van der Waals surface area contributed by atoms with Crippen molar-refractivity contribution in [1.82, 2.24) is 0 Å². The second-order valence-electron chi connectivity index (χ2n) is 3.10. The minimum absolute atomic E-state index is 0.0130. The van der Waals surface area contributed by atoms with Crippen LogP contribution in [0.15, 0.2) is 24.3 Å². The molecule has 0 aliphatic rings. The Balaban J connectivity index is 2.68. The predicted molar refractivity (Wildman–Crippen MR) is 51.8 cm³/mol. The van der Waals surface area contributed by atoms with E-state index in [4.69, 9.17) is 21.3 Å². The number of carboxylic acid groups (broad SMARTS) is 1. The van der Waals surface area contributed by atoms with Crippen LogP contribution in [0.2, 0.25) is 0 Å². The van der Waals surface area contributed by atoms with Crippen molar-refractivity contribution < 1.29 is 20.3 Å². The van der Waals surface area contributed by atoms with Gasteiger partial charge in [0, 0.05) is 0 Å². The fourth-order valence-corrected chi connectivity index (χ4v) is 1.11. The molecule has 0 saturated carbocycles. The van der Waals surface area contributed by atoms with Gasteiger partial charge in [0.15, 0.2) is 0 Å². The zero-order valence-corrected chi connectivity index (χ0v) is 7.87. The van der Waals surface area contributed by atoms with E-state index in [1.807, 2.05) is 0 Å². The monoisotopic (exact) mass is 212 g/mol. The summed E-state index contributed by atoms with van der Waals surface area (Å²) in [5.74, 6) is -1.06. The maximum absolute atomic E-state index is 10.5. The van der Waals surface area contributed by atoms with Gasteiger partial charge < -0.3 is 10.8 Å². The van der Waals surface area contributed by atoms with Gasteiger partial charge in [0.2, 0.25) is 0 Å². The molecule has 5 N–H and O–H groups in total. The molecule has 0 heterocycles. The zero-order chi connectivity index (χ0) is 11.4. The minimum Gasteiger partial charge on any atom is -0.480 e. The van der Waals surface area contributed by atoms with Crippen LogP contribution in [-0.4, -0.2) is 27.5 Å². The Labute approximate surface area is 86.1 Å². The highest BCUT2D eigenvalue weighted by atomic mass is 16.8. The van der Waals surface area contributed by atoms with Crippen molar-refractivity contribution >= 4 is 11.7 Å². The van der Waals surface area contributed by atoms with Crippen LogP contribution in [0.4, 0.5) is 5.69 Å². The topological polar surface area (TPSA) is 107 Å². The third kappa shape index (κ3) is 3.21. The van der Waals surface area contributed by atoms with E-state index < -0.39 is 12.0 Å². The second kappa shape index (κ2) is 4.74. The predicted octanol–water partition coefficient (Wildman–Crippen LogP) is 0.226. The Hall–Kier alpha value is -1.63. The first-order chi connectivity index (χ1) is 7.00. The third-order valence-corrected chi connectivity index (χ3v) is 1.94. The molecule has 0 fully saturated rings. The van der Waals surface area contributed by atoms with Crippen LogP contribution in [0.5, 0.6) is 0 Å². The number of carbonyl (C=O) groups is 1. The largest absolute Gasteiger partial charge is 0.480 e. The van der Waals surface area contributed by atoms with E-state index >= 15 is 0 Å². The molecule has 1 aromatic carbocycles. The lowest BCUT2D eigenvalue weighted by Crippen LogP contribution is -2.32. The molecular formula is C9H12N2O4. The molecule has 0 spiro atoms. The lowest BCUT2D eigenvalue weighted by molar-refractivity contribution is -0.138. The van der Waals surface area contributed by atoms with Crippen LogP contribution in [-0.2, 0) is 11.2 Å². The van der Waals surface area contributed by atoms with E-state index in [-0.39, 0.29) is 17.3 Å². The van der Waals surface area contributed by atoms with Gasteiger partial charge in [-0.15, -0.1) is 5.23 Å². The first kappa shape index (κ1) is 11.4. The molecule has 0 aromatic heterocycles. The molecule has 82 valence electrons. The molecule has 0 radical (unpaired) electrons. The Kier molecular flexibility index (Phi) is 3.62. The number of nitrogens with two attached hydrogens (primary N) is 1. The van der Waals surface area contributed by atoms with Crippen molar-refractivity contribution in [2.45, 2.75) is 12.5 Å². The molecule has 0 bridgehead atoms. The van der Waals surface area contributed by atoms with Gasteiger partial charge in [0.1, 0.15) is 6.04 Å². The average Bonchev–Trinajstić information content (AvgIpc) is 2.18. The van der Waals surface area contributed by atoms with Gasteiger partial charge in [-0.3, -0.25) is 15.2 Å². The molecule has 1 atom stereocenters. The third-order valence-electron chi connectivity index (χ3n) is 1.94. The van der Waals surface area contributed by atoms with Gasteiger partial charge in [0.25, 0.3) is 0 Å². The second-order valence-corrected chi connectivity index (χ2v) is 3.10. The maximum atomic E-state index is 10.5. The summed E-state index contributed by atoms with van der Waals surface area (Å²) >= 11 is 0. The maximum Gasteiger partial charge on any atom is 0.320 e. The summed E-state index contributed by atoms with van der Waals surface area (Å²) in [4.78, 5) is 10.5. The van der Waals surface area contributed by atoms with Crippen LogP contribution in [0.25, 0.3) is 0 Å². The molecule has 6 heteroatoms. The van der Waals surface area contributed by atoms with Gasteiger partial charge in [0.05, 0.1) is 5.69 Å². The minimum atomic E-state index is -1.06. The van der Waals surface area contributed by atoms with Crippen LogP contribution in [0, 0.1) is 0 Å². The lowest BCUT2D eigenvalue weighted by Gasteiger charge is -2.09. The molecule has 0 saturated heterocycles. The lowest BCUT2D eigenvalue weighted by atomic mass is 10.1. The van der Waals surface area contributed by atoms with Crippen molar-refractivity contribution in [3.8, 4) is 0 Å².